The molecule has 0 aliphatic rings. The van der Waals surface area contributed by atoms with E-state index in [0.29, 0.717) is 13.0 Å². The minimum atomic E-state index is 0.260. The third-order valence-electron chi connectivity index (χ3n) is 1.81. The van der Waals surface area contributed by atoms with Gasteiger partial charge in [0.15, 0.2) is 5.78 Å². The van der Waals surface area contributed by atoms with Crippen LogP contribution in [-0.2, 0) is 11.2 Å². The highest BCUT2D eigenvalue weighted by atomic mass is 127. The number of rotatable bonds is 4. The Morgan fingerprint density at radius 1 is 1.29 bits per heavy atom. The molecule has 0 bridgehead atoms. The fourth-order valence-electron chi connectivity index (χ4n) is 1.24. The summed E-state index contributed by atoms with van der Waals surface area (Å²) in [5, 5.41) is 0. The van der Waals surface area contributed by atoms with Crippen molar-refractivity contribution >= 4 is 28.4 Å². The molecule has 0 saturated heterocycles. The lowest BCUT2D eigenvalue weighted by atomic mass is 10.1. The van der Waals surface area contributed by atoms with Crippen LogP contribution in [0.4, 0.5) is 0 Å². The van der Waals surface area contributed by atoms with Crippen molar-refractivity contribution < 1.29 is 4.79 Å². The number of nitrogens with zero attached hydrogens (tertiary/aromatic N) is 1. The van der Waals surface area contributed by atoms with Crippen LogP contribution >= 0.6 is 22.6 Å². The fourth-order valence-corrected chi connectivity index (χ4v) is 1.60. The molecule has 14 heavy (non-hydrogen) atoms. The standard InChI is InChI=1S/C11H14INO/c1-13(2)8-11(14)7-9-3-5-10(12)6-4-9/h3-6H,7-8H2,1-2H3. The lowest BCUT2D eigenvalue weighted by Gasteiger charge is -2.07. The average molecular weight is 303 g/mol. The number of hydrogen-bond acceptors (Lipinski definition) is 2. The van der Waals surface area contributed by atoms with E-state index in [2.05, 4.69) is 22.6 Å². The molecule has 0 aliphatic carbocycles. The second kappa shape index (κ2) is 5.46. The summed E-state index contributed by atoms with van der Waals surface area (Å²) in [6.07, 6.45) is 0.537. The SMILES string of the molecule is CN(C)CC(=O)Cc1ccc(I)cc1. The summed E-state index contributed by atoms with van der Waals surface area (Å²) in [6.45, 7) is 0.520. The van der Waals surface area contributed by atoms with Crippen LogP contribution < -0.4 is 0 Å². The summed E-state index contributed by atoms with van der Waals surface area (Å²) in [5.41, 5.74) is 1.09. The molecule has 0 unspecified atom stereocenters. The minimum Gasteiger partial charge on any atom is -0.302 e. The van der Waals surface area contributed by atoms with E-state index < -0.39 is 0 Å². The first-order valence-corrected chi connectivity index (χ1v) is 5.56. The summed E-state index contributed by atoms with van der Waals surface area (Å²) < 4.78 is 1.20. The van der Waals surface area contributed by atoms with Crippen LogP contribution in [0.3, 0.4) is 0 Å². The molecule has 0 saturated carbocycles. The molecule has 0 heterocycles. The molecule has 0 N–H and O–H groups in total. The van der Waals surface area contributed by atoms with Crippen LogP contribution in [0.5, 0.6) is 0 Å². The summed E-state index contributed by atoms with van der Waals surface area (Å²) in [4.78, 5) is 13.4. The third-order valence-corrected chi connectivity index (χ3v) is 2.53. The Labute approximate surface area is 98.4 Å². The van der Waals surface area contributed by atoms with E-state index in [0.717, 1.165) is 5.56 Å². The average Bonchev–Trinajstić information content (AvgIpc) is 2.07. The maximum absolute atomic E-state index is 11.5. The minimum absolute atomic E-state index is 0.260. The molecule has 0 aliphatic heterocycles. The van der Waals surface area contributed by atoms with E-state index in [4.69, 9.17) is 0 Å². The molecular weight excluding hydrogens is 289 g/mol. The van der Waals surface area contributed by atoms with Gasteiger partial charge >= 0.3 is 0 Å². The Balaban J connectivity index is 2.52. The number of likely N-dealkylation sites (N-methyl/N-ethyl adjacent to an activating group) is 1. The molecule has 0 amide bonds. The van der Waals surface area contributed by atoms with Crippen molar-refractivity contribution in [2.24, 2.45) is 0 Å². The van der Waals surface area contributed by atoms with Gasteiger partial charge in [-0.05, 0) is 54.4 Å². The molecule has 1 aromatic carbocycles. The van der Waals surface area contributed by atoms with E-state index in [9.17, 15) is 4.79 Å². The summed E-state index contributed by atoms with van der Waals surface area (Å²) in [6, 6.07) is 8.07. The molecule has 2 nitrogen and oxygen atoms in total. The summed E-state index contributed by atoms with van der Waals surface area (Å²) >= 11 is 2.26. The molecule has 0 aromatic heterocycles. The van der Waals surface area contributed by atoms with Gasteiger partial charge in [0.2, 0.25) is 0 Å². The fraction of sp³-hybridized carbons (Fsp3) is 0.364. The number of hydrogen-bond donors (Lipinski definition) is 0. The molecule has 1 aromatic rings. The second-order valence-corrected chi connectivity index (χ2v) is 4.83. The van der Waals surface area contributed by atoms with Gasteiger partial charge in [0, 0.05) is 9.99 Å². The van der Waals surface area contributed by atoms with Crippen molar-refractivity contribution in [2.45, 2.75) is 6.42 Å². The number of carbonyl (C=O) groups is 1. The summed E-state index contributed by atoms with van der Waals surface area (Å²) in [7, 11) is 3.82. The van der Waals surface area contributed by atoms with Gasteiger partial charge in [0.25, 0.3) is 0 Å². The van der Waals surface area contributed by atoms with Crippen molar-refractivity contribution in [3.8, 4) is 0 Å². The van der Waals surface area contributed by atoms with E-state index in [1.807, 2.05) is 43.3 Å². The molecule has 3 heteroatoms. The van der Waals surface area contributed by atoms with Gasteiger partial charge in [-0.2, -0.15) is 0 Å². The quantitative estimate of drug-likeness (QED) is 0.793. The lowest BCUT2D eigenvalue weighted by molar-refractivity contribution is -0.119. The van der Waals surface area contributed by atoms with Gasteiger partial charge < -0.3 is 4.90 Å². The Bertz CT molecular complexity index is 306. The Morgan fingerprint density at radius 3 is 2.36 bits per heavy atom. The molecule has 0 fully saturated rings. The van der Waals surface area contributed by atoms with Crippen molar-refractivity contribution in [2.75, 3.05) is 20.6 Å². The van der Waals surface area contributed by atoms with Crippen LogP contribution in [0.1, 0.15) is 5.56 Å². The highest BCUT2D eigenvalue weighted by Gasteiger charge is 2.04. The monoisotopic (exact) mass is 303 g/mol. The van der Waals surface area contributed by atoms with Crippen LogP contribution in [0, 0.1) is 3.57 Å². The zero-order valence-electron chi connectivity index (χ0n) is 8.46. The largest absolute Gasteiger partial charge is 0.302 e. The van der Waals surface area contributed by atoms with Gasteiger partial charge in [-0.25, -0.2) is 0 Å². The van der Waals surface area contributed by atoms with Crippen LogP contribution in [0.2, 0.25) is 0 Å². The van der Waals surface area contributed by atoms with Crippen molar-refractivity contribution in [1.82, 2.24) is 4.90 Å². The smallest absolute Gasteiger partial charge is 0.151 e. The van der Waals surface area contributed by atoms with E-state index in [1.165, 1.54) is 3.57 Å². The van der Waals surface area contributed by atoms with Crippen molar-refractivity contribution in [3.05, 3.63) is 33.4 Å². The highest BCUT2D eigenvalue weighted by Crippen LogP contribution is 2.07. The van der Waals surface area contributed by atoms with Crippen molar-refractivity contribution in [1.29, 1.82) is 0 Å². The zero-order valence-corrected chi connectivity index (χ0v) is 10.6. The molecule has 0 spiro atoms. The predicted molar refractivity (Wildman–Crippen MR) is 66.4 cm³/mol. The first kappa shape index (κ1) is 11.7. The molecule has 0 atom stereocenters. The van der Waals surface area contributed by atoms with Crippen molar-refractivity contribution in [3.63, 3.8) is 0 Å². The van der Waals surface area contributed by atoms with Crippen LogP contribution in [-0.4, -0.2) is 31.3 Å². The highest BCUT2D eigenvalue weighted by molar-refractivity contribution is 14.1. The molecule has 0 radical (unpaired) electrons. The number of carbonyl (C=O) groups excluding carboxylic acids is 1. The van der Waals surface area contributed by atoms with Gasteiger partial charge in [-0.15, -0.1) is 0 Å². The lowest BCUT2D eigenvalue weighted by Crippen LogP contribution is -2.22. The van der Waals surface area contributed by atoms with Gasteiger partial charge in [0.1, 0.15) is 0 Å². The van der Waals surface area contributed by atoms with E-state index >= 15 is 0 Å². The number of ketones is 1. The third kappa shape index (κ3) is 4.19. The normalized spacial score (nSPS) is 10.6. The Kier molecular flexibility index (Phi) is 4.54. The zero-order chi connectivity index (χ0) is 10.6. The Morgan fingerprint density at radius 2 is 1.86 bits per heavy atom. The van der Waals surface area contributed by atoms with E-state index in [-0.39, 0.29) is 5.78 Å². The topological polar surface area (TPSA) is 20.3 Å². The number of halogens is 1. The maximum Gasteiger partial charge on any atom is 0.151 e. The van der Waals surface area contributed by atoms with Crippen LogP contribution in [0.15, 0.2) is 24.3 Å². The maximum atomic E-state index is 11.5. The predicted octanol–water partition coefficient (Wildman–Crippen LogP) is 1.96. The van der Waals surface area contributed by atoms with Crippen LogP contribution in [0.25, 0.3) is 0 Å². The first-order chi connectivity index (χ1) is 6.58. The number of benzene rings is 1. The summed E-state index contributed by atoms with van der Waals surface area (Å²) in [5.74, 6) is 0.260. The Hall–Kier alpha value is -0.420. The van der Waals surface area contributed by atoms with Gasteiger partial charge in [-0.1, -0.05) is 12.1 Å². The molecule has 76 valence electrons. The second-order valence-electron chi connectivity index (χ2n) is 3.58. The van der Waals surface area contributed by atoms with Gasteiger partial charge in [-0.3, -0.25) is 4.79 Å². The first-order valence-electron chi connectivity index (χ1n) is 4.49. The van der Waals surface area contributed by atoms with Gasteiger partial charge in [0.05, 0.1) is 6.54 Å². The molecule has 1 rings (SSSR count). The molecular formula is C11H14INO. The number of Topliss-reactive ketones (excluding diaryl/α,β-unsaturated/α-hetero) is 1. The van der Waals surface area contributed by atoms with E-state index in [1.54, 1.807) is 0 Å².